The number of benzene rings is 2. The number of hydrogen-bond acceptors (Lipinski definition) is 4. The van der Waals surface area contributed by atoms with E-state index >= 15 is 0 Å². The van der Waals surface area contributed by atoms with Gasteiger partial charge in [-0.25, -0.2) is 0 Å². The predicted molar refractivity (Wildman–Crippen MR) is 104 cm³/mol. The lowest BCUT2D eigenvalue weighted by molar-refractivity contribution is -0.384. The van der Waals surface area contributed by atoms with Crippen molar-refractivity contribution in [2.24, 2.45) is 0 Å². The Morgan fingerprint density at radius 2 is 1.74 bits per heavy atom. The molecule has 2 amide bonds. The Hall–Kier alpha value is -3.22. The highest BCUT2D eigenvalue weighted by molar-refractivity contribution is 6.01. The van der Waals surface area contributed by atoms with E-state index in [4.69, 9.17) is 0 Å². The number of anilines is 1. The number of nitro benzene ring substituents is 1. The van der Waals surface area contributed by atoms with Gasteiger partial charge < -0.3 is 10.6 Å². The van der Waals surface area contributed by atoms with Crippen LogP contribution in [-0.2, 0) is 4.79 Å². The second kappa shape index (κ2) is 8.44. The van der Waals surface area contributed by atoms with Crippen LogP contribution in [0.1, 0.15) is 48.2 Å². The van der Waals surface area contributed by atoms with Gasteiger partial charge in [0, 0.05) is 23.4 Å². The minimum Gasteiger partial charge on any atom is -0.341 e. The molecule has 142 valence electrons. The van der Waals surface area contributed by atoms with Crippen LogP contribution in [0.5, 0.6) is 0 Å². The van der Waals surface area contributed by atoms with Gasteiger partial charge in [0.1, 0.15) is 6.04 Å². The summed E-state index contributed by atoms with van der Waals surface area (Å²) in [4.78, 5) is 35.1. The quantitative estimate of drug-likeness (QED) is 0.597. The summed E-state index contributed by atoms with van der Waals surface area (Å²) in [5, 5.41) is 16.3. The van der Waals surface area contributed by atoms with E-state index in [-0.39, 0.29) is 23.1 Å². The molecule has 7 heteroatoms. The van der Waals surface area contributed by atoms with Crippen molar-refractivity contribution in [3.05, 3.63) is 69.3 Å². The van der Waals surface area contributed by atoms with Gasteiger partial charge in [-0.15, -0.1) is 0 Å². The highest BCUT2D eigenvalue weighted by Gasteiger charge is 2.20. The van der Waals surface area contributed by atoms with Gasteiger partial charge in [-0.3, -0.25) is 19.7 Å². The van der Waals surface area contributed by atoms with Crippen LogP contribution in [0.3, 0.4) is 0 Å². The molecule has 0 bridgehead atoms. The minimum atomic E-state index is -0.809. The maximum absolute atomic E-state index is 12.5. The van der Waals surface area contributed by atoms with E-state index in [9.17, 15) is 19.7 Å². The van der Waals surface area contributed by atoms with Crippen molar-refractivity contribution in [2.75, 3.05) is 5.32 Å². The molecule has 1 atom stereocenters. The van der Waals surface area contributed by atoms with Crippen LogP contribution in [0.4, 0.5) is 11.4 Å². The topological polar surface area (TPSA) is 101 Å². The van der Waals surface area contributed by atoms with Gasteiger partial charge in [0.25, 0.3) is 11.6 Å². The van der Waals surface area contributed by atoms with Crippen molar-refractivity contribution in [1.82, 2.24) is 5.32 Å². The summed E-state index contributed by atoms with van der Waals surface area (Å²) < 4.78 is 0. The number of para-hydroxylation sites is 1. The lowest BCUT2D eigenvalue weighted by Crippen LogP contribution is -2.41. The van der Waals surface area contributed by atoms with E-state index in [0.717, 1.165) is 16.8 Å². The van der Waals surface area contributed by atoms with Crippen molar-refractivity contribution in [3.8, 4) is 0 Å². The Kier molecular flexibility index (Phi) is 6.28. The first-order chi connectivity index (χ1) is 12.7. The smallest absolute Gasteiger partial charge is 0.270 e. The van der Waals surface area contributed by atoms with Gasteiger partial charge in [-0.1, -0.05) is 38.1 Å². The SMILES string of the molecule is Cc1cccc(C(C)C)c1NC(=O)C(C)NC(=O)c1cccc([N+](=O)[O-])c1. The van der Waals surface area contributed by atoms with E-state index < -0.39 is 16.9 Å². The van der Waals surface area contributed by atoms with Crippen LogP contribution in [-0.4, -0.2) is 22.8 Å². The zero-order valence-electron chi connectivity index (χ0n) is 15.8. The normalized spacial score (nSPS) is 11.7. The van der Waals surface area contributed by atoms with E-state index in [0.29, 0.717) is 0 Å². The van der Waals surface area contributed by atoms with Crippen molar-refractivity contribution in [3.63, 3.8) is 0 Å². The molecule has 0 saturated carbocycles. The Morgan fingerprint density at radius 1 is 1.07 bits per heavy atom. The average molecular weight is 369 g/mol. The summed E-state index contributed by atoms with van der Waals surface area (Å²) in [6.45, 7) is 7.56. The van der Waals surface area contributed by atoms with Crippen molar-refractivity contribution in [1.29, 1.82) is 0 Å². The molecule has 2 aromatic rings. The molecule has 0 saturated heterocycles. The monoisotopic (exact) mass is 369 g/mol. The molecule has 7 nitrogen and oxygen atoms in total. The summed E-state index contributed by atoms with van der Waals surface area (Å²) in [5.74, 6) is -0.671. The second-order valence-corrected chi connectivity index (χ2v) is 6.69. The van der Waals surface area contributed by atoms with Crippen molar-refractivity contribution < 1.29 is 14.5 Å². The maximum Gasteiger partial charge on any atom is 0.270 e. The highest BCUT2D eigenvalue weighted by Crippen LogP contribution is 2.27. The summed E-state index contributed by atoms with van der Waals surface area (Å²) in [6, 6.07) is 10.4. The Labute approximate surface area is 157 Å². The van der Waals surface area contributed by atoms with Gasteiger partial charge in [0.05, 0.1) is 4.92 Å². The lowest BCUT2D eigenvalue weighted by atomic mass is 9.98. The molecule has 27 heavy (non-hydrogen) atoms. The standard InChI is InChI=1S/C20H23N3O4/c1-12(2)17-10-5-7-13(3)18(17)22-19(24)14(4)21-20(25)15-8-6-9-16(11-15)23(26)27/h5-12,14H,1-4H3,(H,21,25)(H,22,24). The van der Waals surface area contributed by atoms with E-state index in [1.54, 1.807) is 6.92 Å². The number of non-ortho nitro benzene ring substituents is 1. The molecule has 0 fully saturated rings. The van der Waals surface area contributed by atoms with Crippen molar-refractivity contribution in [2.45, 2.75) is 39.7 Å². The highest BCUT2D eigenvalue weighted by atomic mass is 16.6. The third-order valence-electron chi connectivity index (χ3n) is 4.24. The number of carbonyl (C=O) groups is 2. The Bertz CT molecular complexity index is 877. The number of nitrogens with one attached hydrogen (secondary N) is 2. The number of nitro groups is 1. The molecular formula is C20H23N3O4. The van der Waals surface area contributed by atoms with Crippen LogP contribution in [0.2, 0.25) is 0 Å². The second-order valence-electron chi connectivity index (χ2n) is 6.69. The van der Waals surface area contributed by atoms with E-state index in [1.807, 2.05) is 39.0 Å². The summed E-state index contributed by atoms with van der Waals surface area (Å²) in [5.41, 5.74) is 2.64. The Balaban J connectivity index is 2.12. The molecule has 0 spiro atoms. The van der Waals surface area contributed by atoms with E-state index in [1.165, 1.54) is 24.3 Å². The summed E-state index contributed by atoms with van der Waals surface area (Å²) in [7, 11) is 0. The largest absolute Gasteiger partial charge is 0.341 e. The van der Waals surface area contributed by atoms with Gasteiger partial charge in [-0.05, 0) is 37.0 Å². The van der Waals surface area contributed by atoms with E-state index in [2.05, 4.69) is 10.6 Å². The number of amides is 2. The zero-order valence-corrected chi connectivity index (χ0v) is 15.8. The van der Waals surface area contributed by atoms with Crippen LogP contribution in [0.25, 0.3) is 0 Å². The summed E-state index contributed by atoms with van der Waals surface area (Å²) >= 11 is 0. The van der Waals surface area contributed by atoms with Crippen LogP contribution < -0.4 is 10.6 Å². The molecule has 0 aliphatic heterocycles. The summed E-state index contributed by atoms with van der Waals surface area (Å²) in [6.07, 6.45) is 0. The van der Waals surface area contributed by atoms with Gasteiger partial charge in [-0.2, -0.15) is 0 Å². The molecule has 2 rings (SSSR count). The first kappa shape index (κ1) is 20.1. The van der Waals surface area contributed by atoms with Gasteiger partial charge >= 0.3 is 0 Å². The fraction of sp³-hybridized carbons (Fsp3) is 0.300. The molecule has 0 radical (unpaired) electrons. The van der Waals surface area contributed by atoms with Crippen LogP contribution in [0.15, 0.2) is 42.5 Å². The molecular weight excluding hydrogens is 346 g/mol. The number of hydrogen-bond donors (Lipinski definition) is 2. The van der Waals surface area contributed by atoms with Gasteiger partial charge in [0.2, 0.25) is 5.91 Å². The fourth-order valence-corrected chi connectivity index (χ4v) is 2.68. The molecule has 2 N–H and O–H groups in total. The molecule has 0 aliphatic carbocycles. The third-order valence-corrected chi connectivity index (χ3v) is 4.24. The first-order valence-electron chi connectivity index (χ1n) is 8.66. The molecule has 1 unspecified atom stereocenters. The Morgan fingerprint density at radius 3 is 2.37 bits per heavy atom. The molecule has 0 aromatic heterocycles. The number of rotatable bonds is 6. The maximum atomic E-state index is 12.5. The van der Waals surface area contributed by atoms with Crippen LogP contribution in [0, 0.1) is 17.0 Å². The van der Waals surface area contributed by atoms with Crippen molar-refractivity contribution >= 4 is 23.2 Å². The fourth-order valence-electron chi connectivity index (χ4n) is 2.68. The predicted octanol–water partition coefficient (Wildman–Crippen LogP) is 3.78. The molecule has 0 aliphatic rings. The lowest BCUT2D eigenvalue weighted by Gasteiger charge is -2.19. The zero-order chi connectivity index (χ0) is 20.1. The van der Waals surface area contributed by atoms with Gasteiger partial charge in [0.15, 0.2) is 0 Å². The number of aryl methyl sites for hydroxylation is 1. The molecule has 0 heterocycles. The minimum absolute atomic E-state index is 0.127. The number of carbonyl (C=O) groups excluding carboxylic acids is 2. The average Bonchev–Trinajstić information content (AvgIpc) is 2.62. The van der Waals surface area contributed by atoms with Crippen LogP contribution >= 0.6 is 0 Å². The first-order valence-corrected chi connectivity index (χ1v) is 8.66. The third kappa shape index (κ3) is 4.91. The molecule has 2 aromatic carbocycles. The number of nitrogens with zero attached hydrogens (tertiary/aromatic N) is 1.